The standard InChI is InChI=1S/C26H29NO4/c1-17(28)23-15-27-24-10-9-20(14-22(23)24)21-13-18(8-12-26(29)30-2)7-11-25(21)31-16-19-5-3-4-6-19/h7,9-11,13-15,19,27H,3-6,8,12,16H2,1-2H3. The topological polar surface area (TPSA) is 68.4 Å². The number of aromatic nitrogens is 1. The highest BCUT2D eigenvalue weighted by Gasteiger charge is 2.18. The predicted molar refractivity (Wildman–Crippen MR) is 122 cm³/mol. The van der Waals surface area contributed by atoms with E-state index >= 15 is 0 Å². The Kier molecular flexibility index (Phi) is 6.40. The summed E-state index contributed by atoms with van der Waals surface area (Å²) in [4.78, 5) is 26.8. The molecule has 0 radical (unpaired) electrons. The largest absolute Gasteiger partial charge is 0.493 e. The van der Waals surface area contributed by atoms with E-state index in [0.717, 1.165) is 39.9 Å². The van der Waals surface area contributed by atoms with E-state index < -0.39 is 0 Å². The average Bonchev–Trinajstić information content (AvgIpc) is 3.45. The highest BCUT2D eigenvalue weighted by Crippen LogP contribution is 2.35. The van der Waals surface area contributed by atoms with Crippen molar-refractivity contribution in [3.63, 3.8) is 0 Å². The average molecular weight is 420 g/mol. The molecule has 1 saturated carbocycles. The summed E-state index contributed by atoms with van der Waals surface area (Å²) in [5, 5.41) is 0.909. The maximum atomic E-state index is 12.0. The fourth-order valence-electron chi connectivity index (χ4n) is 4.40. The molecule has 31 heavy (non-hydrogen) atoms. The van der Waals surface area contributed by atoms with Crippen LogP contribution in [0.15, 0.2) is 42.6 Å². The van der Waals surface area contributed by atoms with Crippen molar-refractivity contribution in [2.75, 3.05) is 13.7 Å². The number of esters is 1. The van der Waals surface area contributed by atoms with Crippen LogP contribution >= 0.6 is 0 Å². The molecule has 0 bridgehead atoms. The molecule has 0 spiro atoms. The molecule has 4 rings (SSSR count). The van der Waals surface area contributed by atoms with E-state index in [2.05, 4.69) is 11.1 Å². The summed E-state index contributed by atoms with van der Waals surface area (Å²) >= 11 is 0. The van der Waals surface area contributed by atoms with Gasteiger partial charge in [-0.05, 0) is 67.5 Å². The maximum absolute atomic E-state index is 12.0. The molecule has 0 saturated heterocycles. The summed E-state index contributed by atoms with van der Waals surface area (Å²) in [6.45, 7) is 2.30. The number of H-pyrrole nitrogens is 1. The quantitative estimate of drug-likeness (QED) is 0.375. The van der Waals surface area contributed by atoms with Crippen LogP contribution < -0.4 is 4.74 Å². The third-order valence-electron chi connectivity index (χ3n) is 6.21. The lowest BCUT2D eigenvalue weighted by atomic mass is 9.97. The van der Waals surface area contributed by atoms with E-state index in [-0.39, 0.29) is 11.8 Å². The smallest absolute Gasteiger partial charge is 0.305 e. The van der Waals surface area contributed by atoms with Gasteiger partial charge in [-0.2, -0.15) is 0 Å². The number of nitrogens with one attached hydrogen (secondary N) is 1. The van der Waals surface area contributed by atoms with Gasteiger partial charge in [0.05, 0.1) is 13.7 Å². The Labute approximate surface area is 182 Å². The first kappa shape index (κ1) is 21.2. The zero-order chi connectivity index (χ0) is 21.8. The van der Waals surface area contributed by atoms with Crippen LogP contribution in [-0.4, -0.2) is 30.5 Å². The van der Waals surface area contributed by atoms with Gasteiger partial charge in [0.2, 0.25) is 0 Å². The summed E-state index contributed by atoms with van der Waals surface area (Å²) in [6.07, 6.45) is 7.72. The fraction of sp³-hybridized carbons (Fsp3) is 0.385. The van der Waals surface area contributed by atoms with Crippen LogP contribution in [-0.2, 0) is 16.0 Å². The van der Waals surface area contributed by atoms with Crippen LogP contribution in [0.3, 0.4) is 0 Å². The molecule has 5 nitrogen and oxygen atoms in total. The van der Waals surface area contributed by atoms with Crippen LogP contribution in [0.5, 0.6) is 5.75 Å². The van der Waals surface area contributed by atoms with Gasteiger partial charge in [-0.15, -0.1) is 0 Å². The normalized spacial score (nSPS) is 14.1. The number of carbonyl (C=O) groups is 2. The minimum Gasteiger partial charge on any atom is -0.493 e. The predicted octanol–water partition coefficient (Wildman–Crippen LogP) is 5.71. The number of hydrogen-bond acceptors (Lipinski definition) is 4. The van der Waals surface area contributed by atoms with Crippen LogP contribution in [0.2, 0.25) is 0 Å². The molecule has 1 aliphatic rings. The fourth-order valence-corrected chi connectivity index (χ4v) is 4.40. The number of carbonyl (C=O) groups excluding carboxylic acids is 2. The third-order valence-corrected chi connectivity index (χ3v) is 6.21. The van der Waals surface area contributed by atoms with E-state index in [0.29, 0.717) is 24.3 Å². The van der Waals surface area contributed by atoms with Crippen LogP contribution in [0.25, 0.3) is 22.0 Å². The summed E-state index contributed by atoms with van der Waals surface area (Å²) in [6, 6.07) is 12.2. The molecular weight excluding hydrogens is 390 g/mol. The van der Waals surface area contributed by atoms with Crippen molar-refractivity contribution in [2.45, 2.75) is 45.4 Å². The molecule has 0 unspecified atom stereocenters. The van der Waals surface area contributed by atoms with Crippen molar-refractivity contribution >= 4 is 22.7 Å². The Morgan fingerprint density at radius 2 is 1.90 bits per heavy atom. The Morgan fingerprint density at radius 1 is 1.10 bits per heavy atom. The van der Waals surface area contributed by atoms with Gasteiger partial charge in [-0.1, -0.05) is 25.0 Å². The van der Waals surface area contributed by atoms with E-state index in [9.17, 15) is 9.59 Å². The number of benzene rings is 2. The highest BCUT2D eigenvalue weighted by atomic mass is 16.5. The first-order valence-corrected chi connectivity index (χ1v) is 11.0. The number of ketones is 1. The number of ether oxygens (including phenoxy) is 2. The minimum atomic E-state index is -0.219. The monoisotopic (exact) mass is 419 g/mol. The van der Waals surface area contributed by atoms with E-state index in [1.54, 1.807) is 13.1 Å². The molecule has 162 valence electrons. The first-order chi connectivity index (χ1) is 15.0. The number of rotatable bonds is 8. The number of fused-ring (bicyclic) bond motifs is 1. The molecule has 0 amide bonds. The molecule has 3 aromatic rings. The minimum absolute atomic E-state index is 0.0351. The second kappa shape index (κ2) is 9.38. The molecule has 1 aliphatic carbocycles. The van der Waals surface area contributed by atoms with Gasteiger partial charge in [0.25, 0.3) is 0 Å². The summed E-state index contributed by atoms with van der Waals surface area (Å²) in [5.74, 6) is 1.27. The Balaban J connectivity index is 1.69. The van der Waals surface area contributed by atoms with Crippen LogP contribution in [0.1, 0.15) is 54.9 Å². The maximum Gasteiger partial charge on any atom is 0.305 e. The van der Waals surface area contributed by atoms with Gasteiger partial charge in [0.15, 0.2) is 5.78 Å². The van der Waals surface area contributed by atoms with Gasteiger partial charge in [-0.3, -0.25) is 9.59 Å². The van der Waals surface area contributed by atoms with Crippen molar-refractivity contribution in [1.29, 1.82) is 0 Å². The van der Waals surface area contributed by atoms with Gasteiger partial charge in [0, 0.05) is 34.6 Å². The molecule has 5 heteroatoms. The summed E-state index contributed by atoms with van der Waals surface area (Å²) in [5.41, 5.74) is 4.65. The summed E-state index contributed by atoms with van der Waals surface area (Å²) < 4.78 is 11.1. The lowest BCUT2D eigenvalue weighted by molar-refractivity contribution is -0.140. The molecule has 1 heterocycles. The van der Waals surface area contributed by atoms with Gasteiger partial charge >= 0.3 is 5.97 Å². The van der Waals surface area contributed by atoms with Crippen molar-refractivity contribution in [2.24, 2.45) is 5.92 Å². The lowest BCUT2D eigenvalue weighted by Gasteiger charge is -2.16. The molecule has 1 fully saturated rings. The van der Waals surface area contributed by atoms with E-state index in [1.165, 1.54) is 32.8 Å². The van der Waals surface area contributed by atoms with Crippen LogP contribution in [0.4, 0.5) is 0 Å². The van der Waals surface area contributed by atoms with E-state index in [4.69, 9.17) is 9.47 Å². The van der Waals surface area contributed by atoms with E-state index in [1.807, 2.05) is 30.3 Å². The van der Waals surface area contributed by atoms with Crippen LogP contribution in [0, 0.1) is 5.92 Å². The molecular formula is C26H29NO4. The number of Topliss-reactive ketones (excluding diaryl/α,β-unsaturated/α-hetero) is 1. The molecule has 1 aromatic heterocycles. The Morgan fingerprint density at radius 3 is 2.65 bits per heavy atom. The first-order valence-electron chi connectivity index (χ1n) is 11.0. The van der Waals surface area contributed by atoms with Gasteiger partial charge < -0.3 is 14.5 Å². The van der Waals surface area contributed by atoms with Crippen molar-refractivity contribution in [1.82, 2.24) is 4.98 Å². The second-order valence-electron chi connectivity index (χ2n) is 8.39. The Hall–Kier alpha value is -3.08. The molecule has 0 aliphatic heterocycles. The zero-order valence-corrected chi connectivity index (χ0v) is 18.2. The number of methoxy groups -OCH3 is 1. The van der Waals surface area contributed by atoms with Crippen molar-refractivity contribution < 1.29 is 19.1 Å². The summed E-state index contributed by atoms with van der Waals surface area (Å²) in [7, 11) is 1.41. The zero-order valence-electron chi connectivity index (χ0n) is 18.2. The van der Waals surface area contributed by atoms with Gasteiger partial charge in [-0.25, -0.2) is 0 Å². The number of aromatic amines is 1. The van der Waals surface area contributed by atoms with Crippen molar-refractivity contribution in [3.8, 4) is 16.9 Å². The second-order valence-corrected chi connectivity index (χ2v) is 8.39. The number of aryl methyl sites for hydroxylation is 1. The molecule has 0 atom stereocenters. The highest BCUT2D eigenvalue weighted by molar-refractivity contribution is 6.07. The Bertz CT molecular complexity index is 1090. The number of hydrogen-bond donors (Lipinski definition) is 1. The SMILES string of the molecule is COC(=O)CCc1ccc(OCC2CCCC2)c(-c2ccc3[nH]cc(C(C)=O)c3c2)c1. The lowest BCUT2D eigenvalue weighted by Crippen LogP contribution is -2.09. The molecule has 2 aromatic carbocycles. The third kappa shape index (κ3) is 4.82. The van der Waals surface area contributed by atoms with Gasteiger partial charge in [0.1, 0.15) is 5.75 Å². The molecule has 1 N–H and O–H groups in total. The van der Waals surface area contributed by atoms with Crippen molar-refractivity contribution in [3.05, 3.63) is 53.7 Å².